The van der Waals surface area contributed by atoms with Gasteiger partial charge in [-0.25, -0.2) is 0 Å². The van der Waals surface area contributed by atoms with E-state index >= 15 is 0 Å². The van der Waals surface area contributed by atoms with E-state index in [4.69, 9.17) is 19.2 Å². The summed E-state index contributed by atoms with van der Waals surface area (Å²) in [7, 11) is 0. The summed E-state index contributed by atoms with van der Waals surface area (Å²) in [6.45, 7) is 8.00. The Hall–Kier alpha value is -0.632. The van der Waals surface area contributed by atoms with Crippen molar-refractivity contribution in [1.29, 1.82) is 0 Å². The third kappa shape index (κ3) is 532. The van der Waals surface area contributed by atoms with Crippen LogP contribution >= 0.6 is 0 Å². The zero-order valence-corrected chi connectivity index (χ0v) is 6.88. The normalized spacial score (nSPS) is 1.78. The maximum absolute atomic E-state index is 8.00. The quantitative estimate of drug-likeness (QED) is 0.500. The first-order valence-electron chi connectivity index (χ1n) is 1.15. The second-order valence-electron chi connectivity index (χ2n) is 0. The molecule has 0 aliphatic carbocycles. The smallest absolute Gasteiger partial charge is 0.106 e. The monoisotopic (exact) mass is 218 g/mol. The summed E-state index contributed by atoms with van der Waals surface area (Å²) >= 11 is 0. The maximum atomic E-state index is 8.00. The van der Waals surface area contributed by atoms with E-state index in [2.05, 4.69) is 0 Å². The number of carbonyl (C=O) groups is 4. The first-order chi connectivity index (χ1) is 4.00. The van der Waals surface area contributed by atoms with E-state index in [-0.39, 0.29) is 21.1 Å². The molecule has 0 fully saturated rings. The minimum absolute atomic E-state index is 0. The molecule has 5 heteroatoms. The number of hydrogen-bond donors (Lipinski definition) is 0. The number of carbonyl (C=O) groups excluding carboxylic acids is 4. The number of rotatable bonds is 0. The molecule has 0 saturated carbocycles. The molecule has 4 nitrogen and oxygen atoms in total. The van der Waals surface area contributed by atoms with Gasteiger partial charge in [0, 0.05) is 21.1 Å². The molecule has 0 atom stereocenters. The fourth-order valence-electron chi connectivity index (χ4n) is 0. The van der Waals surface area contributed by atoms with E-state index in [0.717, 1.165) is 0 Å². The molecule has 0 saturated heterocycles. The second kappa shape index (κ2) is 749. The van der Waals surface area contributed by atoms with Crippen molar-refractivity contribution >= 4 is 27.2 Å². The van der Waals surface area contributed by atoms with Crippen molar-refractivity contribution in [3.63, 3.8) is 0 Å². The van der Waals surface area contributed by atoms with E-state index in [9.17, 15) is 0 Å². The summed E-state index contributed by atoms with van der Waals surface area (Å²) in [6, 6.07) is 0. The zero-order valence-electron chi connectivity index (χ0n) is 4.87. The van der Waals surface area contributed by atoms with Crippen LogP contribution in [0.2, 0.25) is 0 Å². The summed E-state index contributed by atoms with van der Waals surface area (Å²) in [4.78, 5) is 32.0. The molecule has 0 spiro atoms. The first-order valence-corrected chi connectivity index (χ1v) is 1.15. The Bertz CT molecular complexity index is 20.5. The minimum Gasteiger partial charge on any atom is -0.307 e. The van der Waals surface area contributed by atoms with Crippen LogP contribution < -0.4 is 0 Å². The maximum Gasteiger partial charge on any atom is 0.106 e. The molecule has 0 amide bonds. The molecule has 0 aliphatic rings. The number of hydrogen-bond acceptors (Lipinski definition) is 4. The fraction of sp³-hybridized carbons (Fsp3) is 0. The summed E-state index contributed by atoms with van der Waals surface area (Å²) in [6.07, 6.45) is 0. The topological polar surface area (TPSA) is 68.3 Å². The molecular formula is C4H8MoO4. The first kappa shape index (κ1) is 40.0. The van der Waals surface area contributed by atoms with E-state index in [1.807, 2.05) is 27.2 Å². The predicted molar refractivity (Wildman–Crippen MR) is 28.5 cm³/mol. The molecule has 9 heavy (non-hydrogen) atoms. The second-order valence-corrected chi connectivity index (χ2v) is 0. The van der Waals surface area contributed by atoms with Gasteiger partial charge in [0.05, 0.1) is 0 Å². The molecule has 0 aromatic rings. The molecule has 0 heterocycles. The Kier molecular flexibility index (Phi) is 3330. The SMILES string of the molecule is C=O.C=O.C=O.C=O.[Mo]. The van der Waals surface area contributed by atoms with Gasteiger partial charge in [0.25, 0.3) is 0 Å². The Balaban J connectivity index is -0.00000000762. The van der Waals surface area contributed by atoms with Gasteiger partial charge in [-0.1, -0.05) is 0 Å². The van der Waals surface area contributed by atoms with Gasteiger partial charge < -0.3 is 19.2 Å². The average molecular weight is 216 g/mol. The molecule has 0 unspecified atom stereocenters. The van der Waals surface area contributed by atoms with Crippen LogP contribution in [0, 0.1) is 0 Å². The van der Waals surface area contributed by atoms with Gasteiger partial charge in [-0.3, -0.25) is 0 Å². The van der Waals surface area contributed by atoms with Crippen LogP contribution in [0.4, 0.5) is 0 Å². The van der Waals surface area contributed by atoms with E-state index < -0.39 is 0 Å². The van der Waals surface area contributed by atoms with Crippen LogP contribution in [0.1, 0.15) is 0 Å². The molecule has 0 bridgehead atoms. The largest absolute Gasteiger partial charge is 0.307 e. The molecule has 0 aromatic carbocycles. The summed E-state index contributed by atoms with van der Waals surface area (Å²) < 4.78 is 0. The summed E-state index contributed by atoms with van der Waals surface area (Å²) in [5.74, 6) is 0. The van der Waals surface area contributed by atoms with Crippen molar-refractivity contribution in [3.05, 3.63) is 0 Å². The Morgan fingerprint density at radius 2 is 0.444 bits per heavy atom. The van der Waals surface area contributed by atoms with Crippen molar-refractivity contribution in [3.8, 4) is 0 Å². The summed E-state index contributed by atoms with van der Waals surface area (Å²) in [5.41, 5.74) is 0. The molecule has 0 aromatic heterocycles. The van der Waals surface area contributed by atoms with Gasteiger partial charge in [-0.05, 0) is 0 Å². The standard InChI is InChI=1S/4CH2O.Mo/c4*1-2;/h4*1H2;. The van der Waals surface area contributed by atoms with Crippen LogP contribution in [-0.2, 0) is 40.2 Å². The van der Waals surface area contributed by atoms with Crippen molar-refractivity contribution in [2.24, 2.45) is 0 Å². The van der Waals surface area contributed by atoms with Crippen LogP contribution in [0.5, 0.6) is 0 Å². The van der Waals surface area contributed by atoms with E-state index in [0.29, 0.717) is 0 Å². The van der Waals surface area contributed by atoms with Gasteiger partial charge in [0.15, 0.2) is 0 Å². The van der Waals surface area contributed by atoms with Crippen LogP contribution in [0.3, 0.4) is 0 Å². The van der Waals surface area contributed by atoms with E-state index in [1.165, 1.54) is 0 Å². The Morgan fingerprint density at radius 1 is 0.444 bits per heavy atom. The third-order valence-corrected chi connectivity index (χ3v) is 0. The Morgan fingerprint density at radius 3 is 0.444 bits per heavy atom. The molecule has 54 valence electrons. The van der Waals surface area contributed by atoms with E-state index in [1.54, 1.807) is 0 Å². The van der Waals surface area contributed by atoms with Gasteiger partial charge in [-0.2, -0.15) is 0 Å². The molecule has 0 rings (SSSR count). The van der Waals surface area contributed by atoms with Crippen LogP contribution in [0.25, 0.3) is 0 Å². The average Bonchev–Trinajstić information content (AvgIpc) is 2.03. The minimum atomic E-state index is 0. The molecular weight excluding hydrogens is 208 g/mol. The van der Waals surface area contributed by atoms with Crippen LogP contribution in [0.15, 0.2) is 0 Å². The Labute approximate surface area is 67.9 Å². The van der Waals surface area contributed by atoms with Gasteiger partial charge in [-0.15, -0.1) is 0 Å². The van der Waals surface area contributed by atoms with Crippen molar-refractivity contribution in [2.75, 3.05) is 0 Å². The van der Waals surface area contributed by atoms with Gasteiger partial charge >= 0.3 is 0 Å². The van der Waals surface area contributed by atoms with Crippen molar-refractivity contribution in [2.45, 2.75) is 0 Å². The fourth-order valence-corrected chi connectivity index (χ4v) is 0. The molecule has 0 N–H and O–H groups in total. The summed E-state index contributed by atoms with van der Waals surface area (Å²) in [5, 5.41) is 0. The zero-order chi connectivity index (χ0) is 8.00. The van der Waals surface area contributed by atoms with Gasteiger partial charge in [0.2, 0.25) is 0 Å². The van der Waals surface area contributed by atoms with Gasteiger partial charge in [0.1, 0.15) is 27.2 Å². The van der Waals surface area contributed by atoms with Crippen LogP contribution in [-0.4, -0.2) is 27.2 Å². The molecule has 0 radical (unpaired) electrons. The predicted octanol–water partition coefficient (Wildman–Crippen LogP) is -0.742. The van der Waals surface area contributed by atoms with Crippen molar-refractivity contribution in [1.82, 2.24) is 0 Å². The van der Waals surface area contributed by atoms with Crippen molar-refractivity contribution < 1.29 is 40.2 Å². The molecule has 0 aliphatic heterocycles. The third-order valence-electron chi connectivity index (χ3n) is 0.